The molecule has 0 saturated carbocycles. The molecule has 0 bridgehead atoms. The molecule has 0 N–H and O–H groups in total. The van der Waals surface area contributed by atoms with Crippen LogP contribution in [0.5, 0.6) is 0 Å². The van der Waals surface area contributed by atoms with Crippen LogP contribution < -0.4 is 0 Å². The number of hydrogen-bond acceptors (Lipinski definition) is 1. The van der Waals surface area contributed by atoms with Gasteiger partial charge in [-0.2, -0.15) is 0 Å². The summed E-state index contributed by atoms with van der Waals surface area (Å²) in [5.41, 5.74) is 0. The van der Waals surface area contributed by atoms with Crippen molar-refractivity contribution in [2.45, 2.75) is 66.1 Å². The molecule has 0 atom stereocenters. The van der Waals surface area contributed by atoms with Gasteiger partial charge in [-0.15, -0.1) is 0 Å². The molecule has 0 amide bonds. The van der Waals surface area contributed by atoms with Crippen LogP contribution in [0.25, 0.3) is 0 Å². The Bertz CT molecular complexity index is 280. The third kappa shape index (κ3) is 6.11. The predicted molar refractivity (Wildman–Crippen MR) is 80.6 cm³/mol. The lowest BCUT2D eigenvalue weighted by Gasteiger charge is -2.36. The summed E-state index contributed by atoms with van der Waals surface area (Å²) in [5.74, 6) is 1.62. The van der Waals surface area contributed by atoms with E-state index in [1.807, 2.05) is 0 Å². The Kier molecular flexibility index (Phi) is 6.24. The Morgan fingerprint density at radius 1 is 1.24 bits per heavy atom. The fourth-order valence-corrected chi connectivity index (χ4v) is 2.13. The van der Waals surface area contributed by atoms with E-state index in [-0.39, 0.29) is 5.04 Å². The van der Waals surface area contributed by atoms with Crippen molar-refractivity contribution in [2.24, 2.45) is 5.92 Å². The van der Waals surface area contributed by atoms with Gasteiger partial charge in [0.1, 0.15) is 0 Å². The highest BCUT2D eigenvalue weighted by molar-refractivity contribution is 6.74. The van der Waals surface area contributed by atoms with E-state index in [1.165, 1.54) is 0 Å². The molecule has 0 aromatic heterocycles. The molecule has 0 aliphatic rings. The molecule has 0 aliphatic carbocycles. The molecule has 1 nitrogen and oxygen atoms in total. The van der Waals surface area contributed by atoms with Gasteiger partial charge in [0.2, 0.25) is 8.32 Å². The third-order valence-corrected chi connectivity index (χ3v) is 7.59. The van der Waals surface area contributed by atoms with Crippen molar-refractivity contribution in [3.05, 3.63) is 24.0 Å². The molecule has 0 saturated heterocycles. The van der Waals surface area contributed by atoms with E-state index in [9.17, 15) is 0 Å². The van der Waals surface area contributed by atoms with E-state index in [0.29, 0.717) is 5.92 Å². The SMILES string of the molecule is CC/C=C(/C=C/C(C)C)O[Si](C)(C)C(C)(C)C. The first kappa shape index (κ1) is 16.5. The van der Waals surface area contributed by atoms with Crippen LogP contribution in [-0.4, -0.2) is 8.32 Å². The van der Waals surface area contributed by atoms with Crippen LogP contribution in [-0.2, 0) is 4.43 Å². The first-order chi connectivity index (χ1) is 7.60. The number of hydrogen-bond donors (Lipinski definition) is 0. The summed E-state index contributed by atoms with van der Waals surface area (Å²) in [7, 11) is -1.70. The minimum absolute atomic E-state index is 0.255. The van der Waals surface area contributed by atoms with Crippen LogP contribution in [0, 0.1) is 5.92 Å². The largest absolute Gasteiger partial charge is 0.544 e. The van der Waals surface area contributed by atoms with Gasteiger partial charge in [0.25, 0.3) is 0 Å². The molecular weight excluding hydrogens is 224 g/mol. The Morgan fingerprint density at radius 3 is 2.12 bits per heavy atom. The second-order valence-corrected chi connectivity index (χ2v) is 11.2. The van der Waals surface area contributed by atoms with Crippen molar-refractivity contribution >= 4 is 8.32 Å². The zero-order valence-electron chi connectivity index (χ0n) is 12.9. The lowest BCUT2D eigenvalue weighted by molar-refractivity contribution is 0.397. The summed E-state index contributed by atoms with van der Waals surface area (Å²) in [4.78, 5) is 0. The molecule has 0 fully saturated rings. The molecular formula is C15H30OSi. The van der Waals surface area contributed by atoms with E-state index in [1.54, 1.807) is 0 Å². The van der Waals surface area contributed by atoms with Gasteiger partial charge < -0.3 is 4.43 Å². The topological polar surface area (TPSA) is 9.23 Å². The molecule has 0 unspecified atom stereocenters. The van der Waals surface area contributed by atoms with Crippen molar-refractivity contribution in [1.29, 1.82) is 0 Å². The predicted octanol–water partition coefficient (Wildman–Crippen LogP) is 5.51. The molecule has 0 heterocycles. The minimum Gasteiger partial charge on any atom is -0.544 e. The third-order valence-electron chi connectivity index (χ3n) is 3.23. The van der Waals surface area contributed by atoms with E-state index >= 15 is 0 Å². The van der Waals surface area contributed by atoms with Crippen molar-refractivity contribution in [2.75, 3.05) is 0 Å². The van der Waals surface area contributed by atoms with E-state index in [4.69, 9.17) is 4.43 Å². The Morgan fingerprint density at radius 2 is 1.76 bits per heavy atom. The highest BCUT2D eigenvalue weighted by Crippen LogP contribution is 2.38. The monoisotopic (exact) mass is 254 g/mol. The van der Waals surface area contributed by atoms with Gasteiger partial charge in [-0.05, 0) is 42.6 Å². The molecule has 0 rings (SSSR count). The smallest absolute Gasteiger partial charge is 0.250 e. The lowest BCUT2D eigenvalue weighted by Crippen LogP contribution is -2.40. The van der Waals surface area contributed by atoms with Crippen molar-refractivity contribution < 1.29 is 4.43 Å². The normalized spacial score (nSPS) is 14.8. The van der Waals surface area contributed by atoms with Gasteiger partial charge in [0.15, 0.2) is 0 Å². The maximum absolute atomic E-state index is 6.31. The van der Waals surface area contributed by atoms with Crippen LogP contribution in [0.4, 0.5) is 0 Å². The highest BCUT2D eigenvalue weighted by Gasteiger charge is 2.39. The van der Waals surface area contributed by atoms with Crippen molar-refractivity contribution in [3.8, 4) is 0 Å². The summed E-state index contributed by atoms with van der Waals surface area (Å²) in [5, 5.41) is 0.255. The standard InChI is InChI=1S/C15H30OSi/c1-9-10-14(12-11-13(2)3)16-17(7,8)15(4,5)6/h10-13H,9H2,1-8H3/b12-11+,14-10-. The number of allylic oxidation sites excluding steroid dienone is 3. The van der Waals surface area contributed by atoms with Crippen LogP contribution >= 0.6 is 0 Å². The summed E-state index contributed by atoms with van der Waals surface area (Å²) in [6.45, 7) is 17.9. The van der Waals surface area contributed by atoms with Crippen molar-refractivity contribution in [3.63, 3.8) is 0 Å². The second kappa shape index (κ2) is 6.44. The quantitative estimate of drug-likeness (QED) is 0.357. The van der Waals surface area contributed by atoms with Crippen LogP contribution in [0.3, 0.4) is 0 Å². The zero-order chi connectivity index (χ0) is 13.7. The maximum atomic E-state index is 6.31. The Balaban J connectivity index is 4.85. The Hall–Kier alpha value is -0.503. The first-order valence-corrected chi connectivity index (χ1v) is 9.58. The highest BCUT2D eigenvalue weighted by atomic mass is 28.4. The van der Waals surface area contributed by atoms with Gasteiger partial charge in [0, 0.05) is 0 Å². The van der Waals surface area contributed by atoms with E-state index in [2.05, 4.69) is 72.9 Å². The lowest BCUT2D eigenvalue weighted by atomic mass is 10.2. The molecule has 100 valence electrons. The van der Waals surface area contributed by atoms with Gasteiger partial charge in [-0.3, -0.25) is 0 Å². The van der Waals surface area contributed by atoms with Crippen LogP contribution in [0.1, 0.15) is 48.0 Å². The van der Waals surface area contributed by atoms with Crippen LogP contribution in [0.15, 0.2) is 24.0 Å². The van der Waals surface area contributed by atoms with Crippen molar-refractivity contribution in [1.82, 2.24) is 0 Å². The molecule has 2 heteroatoms. The molecule has 0 aliphatic heterocycles. The summed E-state index contributed by atoms with van der Waals surface area (Å²) in [6.07, 6.45) is 7.54. The first-order valence-electron chi connectivity index (χ1n) is 6.67. The minimum atomic E-state index is -1.70. The Labute approximate surface area is 109 Å². The molecule has 0 radical (unpaired) electrons. The summed E-state index contributed by atoms with van der Waals surface area (Å²) in [6, 6.07) is 0. The molecule has 0 aromatic rings. The number of rotatable bonds is 5. The average molecular weight is 254 g/mol. The van der Waals surface area contributed by atoms with E-state index in [0.717, 1.165) is 12.2 Å². The zero-order valence-corrected chi connectivity index (χ0v) is 13.9. The molecule has 0 aromatic carbocycles. The van der Waals surface area contributed by atoms with E-state index < -0.39 is 8.32 Å². The van der Waals surface area contributed by atoms with Gasteiger partial charge in [0.05, 0.1) is 5.76 Å². The van der Waals surface area contributed by atoms with Crippen LogP contribution in [0.2, 0.25) is 18.1 Å². The van der Waals surface area contributed by atoms with Gasteiger partial charge >= 0.3 is 0 Å². The second-order valence-electron chi connectivity index (χ2n) is 6.48. The summed E-state index contributed by atoms with van der Waals surface area (Å²) >= 11 is 0. The molecule has 0 spiro atoms. The van der Waals surface area contributed by atoms with Gasteiger partial charge in [-0.25, -0.2) is 0 Å². The fraction of sp³-hybridized carbons (Fsp3) is 0.733. The maximum Gasteiger partial charge on any atom is 0.250 e. The average Bonchev–Trinajstić information content (AvgIpc) is 2.12. The van der Waals surface area contributed by atoms with Gasteiger partial charge in [-0.1, -0.05) is 47.6 Å². The summed E-state index contributed by atoms with van der Waals surface area (Å²) < 4.78 is 6.31. The fourth-order valence-electron chi connectivity index (χ4n) is 1.08. The molecule has 17 heavy (non-hydrogen) atoms.